The van der Waals surface area contributed by atoms with Crippen LogP contribution in [-0.4, -0.2) is 50.0 Å². The van der Waals surface area contributed by atoms with Crippen LogP contribution in [0.4, 0.5) is 9.93 Å². The molecule has 1 atom stereocenters. The molecule has 146 valence electrons. The molecule has 7 nitrogen and oxygen atoms in total. The predicted octanol–water partition coefficient (Wildman–Crippen LogP) is 3.12. The summed E-state index contributed by atoms with van der Waals surface area (Å²) in [7, 11) is 0. The van der Waals surface area contributed by atoms with Gasteiger partial charge in [-0.25, -0.2) is 9.78 Å². The fourth-order valence-corrected chi connectivity index (χ4v) is 4.17. The molecule has 0 saturated carbocycles. The number of aliphatic hydroxyl groups excluding tert-OH is 1. The molecule has 2 amide bonds. The zero-order chi connectivity index (χ0) is 19.8. The van der Waals surface area contributed by atoms with Crippen molar-refractivity contribution in [2.75, 3.05) is 11.9 Å². The summed E-state index contributed by atoms with van der Waals surface area (Å²) >= 11 is 1.41. The number of anilines is 1. The Balaban J connectivity index is 1.80. The second kappa shape index (κ2) is 7.53. The van der Waals surface area contributed by atoms with E-state index >= 15 is 0 Å². The summed E-state index contributed by atoms with van der Waals surface area (Å²) in [5.41, 5.74) is 2.80. The van der Waals surface area contributed by atoms with Crippen molar-refractivity contribution in [3.05, 3.63) is 29.7 Å². The smallest absolute Gasteiger partial charge is 0.324 e. The second-order valence-corrected chi connectivity index (χ2v) is 8.86. The van der Waals surface area contributed by atoms with Gasteiger partial charge >= 0.3 is 6.03 Å². The van der Waals surface area contributed by atoms with E-state index in [0.717, 1.165) is 28.2 Å². The van der Waals surface area contributed by atoms with Gasteiger partial charge in [-0.2, -0.15) is 0 Å². The van der Waals surface area contributed by atoms with Crippen molar-refractivity contribution in [1.29, 1.82) is 0 Å². The highest BCUT2D eigenvalue weighted by molar-refractivity contribution is 7.19. The van der Waals surface area contributed by atoms with E-state index in [9.17, 15) is 15.0 Å². The number of aryl methyl sites for hydroxylation is 1. The van der Waals surface area contributed by atoms with Crippen LogP contribution in [0.2, 0.25) is 0 Å². The van der Waals surface area contributed by atoms with E-state index in [4.69, 9.17) is 0 Å². The molecule has 2 aromatic rings. The average molecular weight is 391 g/mol. The zero-order valence-electron chi connectivity index (χ0n) is 16.1. The zero-order valence-corrected chi connectivity index (χ0v) is 16.9. The Morgan fingerprint density at radius 3 is 2.81 bits per heavy atom. The number of amides is 2. The Morgan fingerprint density at radius 1 is 1.41 bits per heavy atom. The van der Waals surface area contributed by atoms with Gasteiger partial charge in [-0.15, -0.1) is 0 Å². The monoisotopic (exact) mass is 390 g/mol. The van der Waals surface area contributed by atoms with Gasteiger partial charge in [0.15, 0.2) is 11.4 Å². The van der Waals surface area contributed by atoms with Crippen molar-refractivity contribution < 1.29 is 15.0 Å². The normalized spacial score (nSPS) is 17.6. The standard InChI is InChI=1S/C19H26N4O3S/c1-11-15(12-7-8-20-14(10-12)19(2,3)4)27-17(21-11)22-18(26)23-9-5-6-13(23)16(24)25/h7-8,10,13,16,24-25H,5-6,9H2,1-4H3,(H,21,22,26)/t13-/m0/s1. The quantitative estimate of drug-likeness (QED) is 0.700. The number of likely N-dealkylation sites (tertiary alicyclic amines) is 1. The van der Waals surface area contributed by atoms with Crippen LogP contribution in [0, 0.1) is 6.92 Å². The van der Waals surface area contributed by atoms with Gasteiger partial charge in [-0.1, -0.05) is 32.1 Å². The first-order valence-electron chi connectivity index (χ1n) is 9.05. The molecule has 1 saturated heterocycles. The number of aromatic nitrogens is 2. The predicted molar refractivity (Wildman–Crippen MR) is 106 cm³/mol. The van der Waals surface area contributed by atoms with Crippen LogP contribution >= 0.6 is 11.3 Å². The van der Waals surface area contributed by atoms with Crippen LogP contribution in [-0.2, 0) is 5.41 Å². The Labute approximate surface area is 163 Å². The molecule has 3 N–H and O–H groups in total. The molecule has 2 aromatic heterocycles. The molecule has 8 heteroatoms. The largest absolute Gasteiger partial charge is 0.366 e. The summed E-state index contributed by atoms with van der Waals surface area (Å²) in [5, 5.41) is 22.2. The number of nitrogens with zero attached hydrogens (tertiary/aromatic N) is 3. The van der Waals surface area contributed by atoms with Crippen LogP contribution in [0.5, 0.6) is 0 Å². The summed E-state index contributed by atoms with van der Waals surface area (Å²) in [6.45, 7) is 8.77. The molecule has 1 fully saturated rings. The van der Waals surface area contributed by atoms with Gasteiger partial charge in [0.05, 0.1) is 16.6 Å². The molecule has 3 heterocycles. The molecular weight excluding hydrogens is 364 g/mol. The van der Waals surface area contributed by atoms with Crippen LogP contribution in [0.25, 0.3) is 10.4 Å². The highest BCUT2D eigenvalue weighted by Gasteiger charge is 2.33. The highest BCUT2D eigenvalue weighted by Crippen LogP contribution is 2.34. The molecule has 0 aliphatic carbocycles. The van der Waals surface area contributed by atoms with E-state index in [1.165, 1.54) is 16.2 Å². The number of hydrogen-bond acceptors (Lipinski definition) is 6. The number of thiazole rings is 1. The maximum absolute atomic E-state index is 12.5. The fourth-order valence-electron chi connectivity index (χ4n) is 3.22. The summed E-state index contributed by atoms with van der Waals surface area (Å²) in [6, 6.07) is 3.08. The fraction of sp³-hybridized carbons (Fsp3) is 0.526. The van der Waals surface area contributed by atoms with Crippen molar-refractivity contribution in [3.8, 4) is 10.4 Å². The molecule has 1 aliphatic rings. The summed E-state index contributed by atoms with van der Waals surface area (Å²) in [5.74, 6) is 0. The number of hydrogen-bond donors (Lipinski definition) is 3. The number of carbonyl (C=O) groups excluding carboxylic acids is 1. The summed E-state index contributed by atoms with van der Waals surface area (Å²) in [6.07, 6.45) is 1.61. The molecule has 0 radical (unpaired) electrons. The van der Waals surface area contributed by atoms with Crippen molar-refractivity contribution in [2.24, 2.45) is 0 Å². The maximum Gasteiger partial charge on any atom is 0.324 e. The van der Waals surface area contributed by atoms with Crippen LogP contribution < -0.4 is 5.32 Å². The van der Waals surface area contributed by atoms with Gasteiger partial charge in [0.25, 0.3) is 0 Å². The lowest BCUT2D eigenvalue weighted by Crippen LogP contribution is -2.44. The summed E-state index contributed by atoms with van der Waals surface area (Å²) in [4.78, 5) is 23.9. The first-order valence-corrected chi connectivity index (χ1v) is 9.86. The summed E-state index contributed by atoms with van der Waals surface area (Å²) < 4.78 is 0. The number of carbonyl (C=O) groups is 1. The molecule has 1 aliphatic heterocycles. The van der Waals surface area contributed by atoms with E-state index in [1.54, 1.807) is 6.20 Å². The lowest BCUT2D eigenvalue weighted by molar-refractivity contribution is -0.0815. The van der Waals surface area contributed by atoms with Gasteiger partial charge in [0.2, 0.25) is 0 Å². The highest BCUT2D eigenvalue weighted by atomic mass is 32.1. The van der Waals surface area contributed by atoms with Crippen LogP contribution in [0.1, 0.15) is 45.0 Å². The number of rotatable bonds is 3. The number of pyridine rings is 1. The SMILES string of the molecule is Cc1nc(NC(=O)N2CCC[C@H]2C(O)O)sc1-c1ccnc(C(C)(C)C)c1. The van der Waals surface area contributed by atoms with E-state index in [-0.39, 0.29) is 11.4 Å². The van der Waals surface area contributed by atoms with Gasteiger partial charge in [-0.05, 0) is 37.5 Å². The molecule has 0 aromatic carbocycles. The van der Waals surface area contributed by atoms with Gasteiger partial charge in [-0.3, -0.25) is 10.3 Å². The van der Waals surface area contributed by atoms with Crippen molar-refractivity contribution in [3.63, 3.8) is 0 Å². The molecule has 0 unspecified atom stereocenters. The Hall–Kier alpha value is -2.03. The average Bonchev–Trinajstić information content (AvgIpc) is 3.21. The van der Waals surface area contributed by atoms with Crippen molar-refractivity contribution in [1.82, 2.24) is 14.9 Å². The second-order valence-electron chi connectivity index (χ2n) is 7.86. The minimum Gasteiger partial charge on any atom is -0.366 e. The number of urea groups is 1. The Bertz CT molecular complexity index is 829. The topological polar surface area (TPSA) is 98.6 Å². The number of aliphatic hydroxyl groups is 2. The van der Waals surface area contributed by atoms with Gasteiger partial charge in [0, 0.05) is 23.9 Å². The molecule has 27 heavy (non-hydrogen) atoms. The Morgan fingerprint density at radius 2 is 2.15 bits per heavy atom. The lowest BCUT2D eigenvalue weighted by atomic mass is 9.90. The molecule has 0 bridgehead atoms. The minimum absolute atomic E-state index is 0.0540. The Kier molecular flexibility index (Phi) is 5.50. The van der Waals surface area contributed by atoms with E-state index < -0.39 is 12.3 Å². The van der Waals surface area contributed by atoms with Gasteiger partial charge < -0.3 is 15.1 Å². The van der Waals surface area contributed by atoms with Crippen molar-refractivity contribution >= 4 is 22.5 Å². The first kappa shape index (κ1) is 19.7. The first-order chi connectivity index (χ1) is 12.7. The van der Waals surface area contributed by atoms with Crippen molar-refractivity contribution in [2.45, 2.75) is 58.3 Å². The molecular formula is C19H26N4O3S. The maximum atomic E-state index is 12.5. The third-order valence-corrected chi connectivity index (χ3v) is 5.83. The van der Waals surface area contributed by atoms with E-state index in [2.05, 4.69) is 42.1 Å². The van der Waals surface area contributed by atoms with Gasteiger partial charge in [0.1, 0.15) is 0 Å². The van der Waals surface area contributed by atoms with Crippen LogP contribution in [0.3, 0.4) is 0 Å². The molecule has 0 spiro atoms. The van der Waals surface area contributed by atoms with Crippen LogP contribution in [0.15, 0.2) is 18.3 Å². The molecule has 3 rings (SSSR count). The lowest BCUT2D eigenvalue weighted by Gasteiger charge is -2.25. The minimum atomic E-state index is -1.53. The van der Waals surface area contributed by atoms with E-state index in [1.807, 2.05) is 13.0 Å². The third kappa shape index (κ3) is 4.28. The van der Waals surface area contributed by atoms with E-state index in [0.29, 0.717) is 18.1 Å². The number of nitrogens with one attached hydrogen (secondary N) is 1. The third-order valence-electron chi connectivity index (χ3n) is 4.71.